The monoisotopic (exact) mass is 406 g/mol. The van der Waals surface area contributed by atoms with Gasteiger partial charge in [-0.25, -0.2) is 9.59 Å². The van der Waals surface area contributed by atoms with Crippen LogP contribution >= 0.6 is 11.8 Å². The van der Waals surface area contributed by atoms with E-state index in [-0.39, 0.29) is 23.3 Å². The molecule has 2 atom stereocenters. The fraction of sp³-hybridized carbons (Fsp3) is 0.636. The van der Waals surface area contributed by atoms with E-state index in [1.807, 2.05) is 38.1 Å². The molecule has 1 aliphatic rings. The number of nitrogens with one attached hydrogen (secondary N) is 1. The first-order chi connectivity index (χ1) is 13.5. The summed E-state index contributed by atoms with van der Waals surface area (Å²) < 4.78 is 5.45. The maximum atomic E-state index is 13.1. The third-order valence-electron chi connectivity index (χ3n) is 4.80. The molecule has 1 saturated heterocycles. The van der Waals surface area contributed by atoms with Crippen LogP contribution in [0.2, 0.25) is 0 Å². The highest BCUT2D eigenvalue weighted by atomic mass is 32.2. The Kier molecular flexibility index (Phi) is 9.16. The van der Waals surface area contributed by atoms with Gasteiger partial charge < -0.3 is 10.1 Å². The van der Waals surface area contributed by atoms with Crippen LogP contribution < -0.4 is 5.32 Å². The summed E-state index contributed by atoms with van der Waals surface area (Å²) in [7, 11) is 0. The van der Waals surface area contributed by atoms with Crippen molar-refractivity contribution < 1.29 is 14.3 Å². The van der Waals surface area contributed by atoms with Crippen molar-refractivity contribution in [2.75, 3.05) is 17.7 Å². The van der Waals surface area contributed by atoms with Crippen molar-refractivity contribution >= 4 is 29.4 Å². The molecule has 0 saturated carbocycles. The standard InChI is InChI=1S/C22H34N2O3S/c1-5-7-8-12-20-24(19(15-28-20)21(25)27-14-16(3)4)22(26)23-18-11-9-10-17(6-2)13-18/h9-11,13,16,19-20H,5-8,12,14-15H2,1-4H3,(H,23,26)/t19-,20-/m0/s1. The highest BCUT2D eigenvalue weighted by Gasteiger charge is 2.42. The van der Waals surface area contributed by atoms with E-state index >= 15 is 0 Å². The van der Waals surface area contributed by atoms with E-state index < -0.39 is 6.04 Å². The Bertz CT molecular complexity index is 650. The molecule has 0 bridgehead atoms. The Labute approximate surface area is 173 Å². The number of carbonyl (C=O) groups is 2. The molecular formula is C22H34N2O3S. The molecule has 0 aromatic heterocycles. The Hall–Kier alpha value is -1.69. The van der Waals surface area contributed by atoms with Crippen molar-refractivity contribution in [3.05, 3.63) is 29.8 Å². The van der Waals surface area contributed by atoms with Crippen LogP contribution in [0.5, 0.6) is 0 Å². The van der Waals surface area contributed by atoms with Crippen LogP contribution in [-0.4, -0.2) is 40.7 Å². The maximum absolute atomic E-state index is 13.1. The molecule has 1 aromatic carbocycles. The Morgan fingerprint density at radius 3 is 2.75 bits per heavy atom. The SMILES string of the molecule is CCCCC[C@@H]1SC[C@@H](C(=O)OCC(C)C)N1C(=O)Nc1cccc(CC)c1. The van der Waals surface area contributed by atoms with E-state index in [1.54, 1.807) is 16.7 Å². The molecule has 2 rings (SSSR count). The van der Waals surface area contributed by atoms with E-state index in [4.69, 9.17) is 4.74 Å². The largest absolute Gasteiger partial charge is 0.464 e. The smallest absolute Gasteiger partial charge is 0.329 e. The van der Waals surface area contributed by atoms with Crippen molar-refractivity contribution in [3.8, 4) is 0 Å². The molecule has 1 N–H and O–H groups in total. The van der Waals surface area contributed by atoms with Crippen LogP contribution in [-0.2, 0) is 16.0 Å². The summed E-state index contributed by atoms with van der Waals surface area (Å²) in [5.41, 5.74) is 1.93. The predicted molar refractivity (Wildman–Crippen MR) is 117 cm³/mol. The van der Waals surface area contributed by atoms with Gasteiger partial charge in [0.2, 0.25) is 0 Å². The van der Waals surface area contributed by atoms with Gasteiger partial charge in [0.1, 0.15) is 6.04 Å². The quantitative estimate of drug-likeness (QED) is 0.446. The molecule has 0 aliphatic carbocycles. The second-order valence-corrected chi connectivity index (χ2v) is 8.93. The Morgan fingerprint density at radius 1 is 1.29 bits per heavy atom. The van der Waals surface area contributed by atoms with Crippen LogP contribution in [0.1, 0.15) is 58.9 Å². The third kappa shape index (κ3) is 6.43. The number of carbonyl (C=O) groups excluding carboxylic acids is 2. The van der Waals surface area contributed by atoms with Crippen molar-refractivity contribution in [1.82, 2.24) is 4.90 Å². The number of hydrogen-bond donors (Lipinski definition) is 1. The van der Waals surface area contributed by atoms with Crippen molar-refractivity contribution in [2.45, 2.75) is 71.2 Å². The molecule has 2 amide bonds. The van der Waals surface area contributed by atoms with Gasteiger partial charge in [-0.1, -0.05) is 59.1 Å². The first-order valence-electron chi connectivity index (χ1n) is 10.4. The zero-order chi connectivity index (χ0) is 20.5. The molecule has 0 radical (unpaired) electrons. The molecule has 6 heteroatoms. The van der Waals surface area contributed by atoms with Gasteiger partial charge >= 0.3 is 12.0 Å². The predicted octanol–water partition coefficient (Wildman–Crippen LogP) is 5.30. The topological polar surface area (TPSA) is 58.6 Å². The molecule has 5 nitrogen and oxygen atoms in total. The van der Waals surface area contributed by atoms with Crippen LogP contribution in [0.3, 0.4) is 0 Å². The second kappa shape index (κ2) is 11.3. The van der Waals surface area contributed by atoms with Gasteiger partial charge in [0, 0.05) is 11.4 Å². The highest BCUT2D eigenvalue weighted by Crippen LogP contribution is 2.34. The lowest BCUT2D eigenvalue weighted by Gasteiger charge is -2.28. The minimum absolute atomic E-state index is 0.0116. The summed E-state index contributed by atoms with van der Waals surface area (Å²) in [5, 5.41) is 3.01. The van der Waals surface area contributed by atoms with Gasteiger partial charge in [0.15, 0.2) is 0 Å². The van der Waals surface area contributed by atoms with E-state index in [0.29, 0.717) is 12.4 Å². The molecule has 1 aromatic rings. The maximum Gasteiger partial charge on any atom is 0.329 e. The second-order valence-electron chi connectivity index (χ2n) is 7.71. The summed E-state index contributed by atoms with van der Waals surface area (Å²) in [6.45, 7) is 8.65. The average Bonchev–Trinajstić information content (AvgIpc) is 3.10. The summed E-state index contributed by atoms with van der Waals surface area (Å²) in [4.78, 5) is 27.4. The highest BCUT2D eigenvalue weighted by molar-refractivity contribution is 8.00. The molecule has 0 unspecified atom stereocenters. The van der Waals surface area contributed by atoms with Crippen LogP contribution in [0.15, 0.2) is 24.3 Å². The molecule has 28 heavy (non-hydrogen) atoms. The fourth-order valence-corrected chi connectivity index (χ4v) is 4.65. The number of esters is 1. The normalized spacial score (nSPS) is 19.1. The molecule has 1 fully saturated rings. The van der Waals surface area contributed by atoms with Gasteiger partial charge in [-0.15, -0.1) is 11.8 Å². The lowest BCUT2D eigenvalue weighted by Crippen LogP contribution is -2.48. The summed E-state index contributed by atoms with van der Waals surface area (Å²) in [6, 6.07) is 7.12. The number of amides is 2. The van der Waals surface area contributed by atoms with Crippen molar-refractivity contribution in [1.29, 1.82) is 0 Å². The number of unbranched alkanes of at least 4 members (excludes halogenated alkanes) is 2. The zero-order valence-electron chi connectivity index (χ0n) is 17.6. The first kappa shape index (κ1) is 22.6. The molecule has 1 aliphatic heterocycles. The van der Waals surface area contributed by atoms with Crippen LogP contribution in [0.25, 0.3) is 0 Å². The van der Waals surface area contributed by atoms with Gasteiger partial charge in [0.25, 0.3) is 0 Å². The van der Waals surface area contributed by atoms with E-state index in [1.165, 1.54) is 5.56 Å². The molecule has 0 spiro atoms. The van der Waals surface area contributed by atoms with E-state index in [2.05, 4.69) is 19.2 Å². The van der Waals surface area contributed by atoms with Gasteiger partial charge in [-0.05, 0) is 36.5 Å². The van der Waals surface area contributed by atoms with Crippen LogP contribution in [0, 0.1) is 5.92 Å². The van der Waals surface area contributed by atoms with E-state index in [9.17, 15) is 9.59 Å². The molecule has 156 valence electrons. The van der Waals surface area contributed by atoms with Gasteiger partial charge in [-0.2, -0.15) is 0 Å². The summed E-state index contributed by atoms with van der Waals surface area (Å²) >= 11 is 1.68. The fourth-order valence-electron chi connectivity index (χ4n) is 3.21. The van der Waals surface area contributed by atoms with Gasteiger partial charge in [-0.3, -0.25) is 4.90 Å². The number of anilines is 1. The number of ether oxygens (including phenoxy) is 1. The Morgan fingerprint density at radius 2 is 2.07 bits per heavy atom. The first-order valence-corrected chi connectivity index (χ1v) is 11.5. The summed E-state index contributed by atoms with van der Waals surface area (Å²) in [5.74, 6) is 0.574. The van der Waals surface area contributed by atoms with Gasteiger partial charge in [0.05, 0.1) is 12.0 Å². The Balaban J connectivity index is 2.12. The van der Waals surface area contributed by atoms with Crippen molar-refractivity contribution in [3.63, 3.8) is 0 Å². The minimum Gasteiger partial charge on any atom is -0.464 e. The number of urea groups is 1. The lowest BCUT2D eigenvalue weighted by molar-refractivity contribution is -0.149. The average molecular weight is 407 g/mol. The van der Waals surface area contributed by atoms with Crippen molar-refractivity contribution in [2.24, 2.45) is 5.92 Å². The number of thioether (sulfide) groups is 1. The van der Waals surface area contributed by atoms with E-state index in [0.717, 1.165) is 37.8 Å². The number of nitrogens with zero attached hydrogens (tertiary/aromatic N) is 1. The molecular weight excluding hydrogens is 372 g/mol. The zero-order valence-corrected chi connectivity index (χ0v) is 18.4. The minimum atomic E-state index is -0.523. The van der Waals surface area contributed by atoms with Crippen LogP contribution in [0.4, 0.5) is 10.5 Å². The molecule has 1 heterocycles. The third-order valence-corrected chi connectivity index (χ3v) is 6.15. The number of aryl methyl sites for hydroxylation is 1. The summed E-state index contributed by atoms with van der Waals surface area (Å²) in [6.07, 6.45) is 5.12. The lowest BCUT2D eigenvalue weighted by atomic mass is 10.1. The number of rotatable bonds is 9. The number of benzene rings is 1. The number of hydrogen-bond acceptors (Lipinski definition) is 4.